The van der Waals surface area contributed by atoms with Crippen molar-refractivity contribution >= 4 is 28.0 Å². The second-order valence-corrected chi connectivity index (χ2v) is 4.97. The zero-order valence-corrected chi connectivity index (χ0v) is 11.6. The number of Topliss-reactive ketones (excluding diaryl/α,β-unsaturated/α-hetero) is 1. The standard InChI is InChI=1S/C13H23BrO2/c14-11-8-6-4-2-1-3-5-7-9-13(16)10-12-15/h12H,1-11H2. The third kappa shape index (κ3) is 11.9. The highest BCUT2D eigenvalue weighted by Gasteiger charge is 1.99. The molecule has 0 fully saturated rings. The van der Waals surface area contributed by atoms with E-state index in [1.807, 2.05) is 0 Å². The van der Waals surface area contributed by atoms with Gasteiger partial charge in [0.25, 0.3) is 0 Å². The van der Waals surface area contributed by atoms with Crippen LogP contribution in [0.1, 0.15) is 64.2 Å². The Kier molecular flexibility index (Phi) is 12.7. The van der Waals surface area contributed by atoms with Gasteiger partial charge < -0.3 is 4.79 Å². The summed E-state index contributed by atoms with van der Waals surface area (Å²) in [5.74, 6) is 0.0901. The fraction of sp³-hybridized carbons (Fsp3) is 0.846. The molecule has 0 atom stereocenters. The summed E-state index contributed by atoms with van der Waals surface area (Å²) >= 11 is 3.42. The second kappa shape index (κ2) is 12.9. The first-order valence-corrected chi connectivity index (χ1v) is 7.44. The monoisotopic (exact) mass is 290 g/mol. The van der Waals surface area contributed by atoms with Crippen LogP contribution in [0.5, 0.6) is 0 Å². The van der Waals surface area contributed by atoms with Crippen LogP contribution in [0.4, 0.5) is 0 Å². The van der Waals surface area contributed by atoms with Crippen molar-refractivity contribution in [3.8, 4) is 0 Å². The average molecular weight is 291 g/mol. The molecule has 0 aliphatic rings. The number of carbonyl (C=O) groups is 2. The highest BCUT2D eigenvalue weighted by Crippen LogP contribution is 2.10. The number of hydrogen-bond acceptors (Lipinski definition) is 2. The summed E-state index contributed by atoms with van der Waals surface area (Å²) in [6.07, 6.45) is 11.2. The van der Waals surface area contributed by atoms with Crippen molar-refractivity contribution in [2.45, 2.75) is 64.2 Å². The molecule has 2 nitrogen and oxygen atoms in total. The van der Waals surface area contributed by atoms with Crippen molar-refractivity contribution < 1.29 is 9.59 Å². The Morgan fingerprint density at radius 2 is 1.38 bits per heavy atom. The number of unbranched alkanes of at least 4 members (excludes halogenated alkanes) is 7. The SMILES string of the molecule is O=CCC(=O)CCCCCCCCCCBr. The van der Waals surface area contributed by atoms with Crippen LogP contribution >= 0.6 is 15.9 Å². The van der Waals surface area contributed by atoms with Gasteiger partial charge in [-0.15, -0.1) is 0 Å². The van der Waals surface area contributed by atoms with E-state index in [1.165, 1.54) is 38.5 Å². The molecule has 0 aliphatic heterocycles. The highest BCUT2D eigenvalue weighted by molar-refractivity contribution is 9.09. The Hall–Kier alpha value is -0.180. The van der Waals surface area contributed by atoms with E-state index in [0.717, 1.165) is 18.2 Å². The van der Waals surface area contributed by atoms with E-state index >= 15 is 0 Å². The molecule has 0 spiro atoms. The molecule has 0 unspecified atom stereocenters. The maximum absolute atomic E-state index is 11.0. The Bertz CT molecular complexity index is 181. The molecule has 0 saturated heterocycles. The predicted octanol–water partition coefficient (Wildman–Crippen LogP) is 4.05. The molecule has 0 bridgehead atoms. The fourth-order valence-corrected chi connectivity index (χ4v) is 2.07. The van der Waals surface area contributed by atoms with Crippen molar-refractivity contribution in [2.24, 2.45) is 0 Å². The second-order valence-electron chi connectivity index (χ2n) is 4.18. The zero-order valence-electron chi connectivity index (χ0n) is 10.0. The maximum Gasteiger partial charge on any atom is 0.139 e. The highest BCUT2D eigenvalue weighted by atomic mass is 79.9. The summed E-state index contributed by atoms with van der Waals surface area (Å²) in [5.41, 5.74) is 0. The minimum absolute atomic E-state index is 0.0901. The van der Waals surface area contributed by atoms with Gasteiger partial charge in [-0.25, -0.2) is 0 Å². The normalized spacial score (nSPS) is 10.3. The summed E-state index contributed by atoms with van der Waals surface area (Å²) in [5, 5.41) is 1.12. The van der Waals surface area contributed by atoms with E-state index in [9.17, 15) is 9.59 Å². The van der Waals surface area contributed by atoms with Gasteiger partial charge in [0.2, 0.25) is 0 Å². The number of halogens is 1. The van der Waals surface area contributed by atoms with Crippen LogP contribution in [0, 0.1) is 0 Å². The summed E-state index contributed by atoms with van der Waals surface area (Å²) in [6, 6.07) is 0. The third-order valence-electron chi connectivity index (χ3n) is 2.65. The molecule has 16 heavy (non-hydrogen) atoms. The Morgan fingerprint density at radius 1 is 0.875 bits per heavy atom. The fourth-order valence-electron chi connectivity index (χ4n) is 1.67. The number of aldehydes is 1. The lowest BCUT2D eigenvalue weighted by Gasteiger charge is -2.01. The molecule has 0 radical (unpaired) electrons. The smallest absolute Gasteiger partial charge is 0.139 e. The first-order chi connectivity index (χ1) is 7.81. The molecular weight excluding hydrogens is 268 g/mol. The Balaban J connectivity index is 3.03. The lowest BCUT2D eigenvalue weighted by molar-refractivity contribution is -0.122. The molecule has 0 rings (SSSR count). The molecule has 0 aromatic carbocycles. The van der Waals surface area contributed by atoms with Crippen LogP contribution in [-0.2, 0) is 9.59 Å². The number of hydrogen-bond donors (Lipinski definition) is 0. The van der Waals surface area contributed by atoms with Gasteiger partial charge in [-0.05, 0) is 12.8 Å². The number of rotatable bonds is 12. The Labute approximate surface area is 107 Å². The van der Waals surface area contributed by atoms with Gasteiger partial charge in [-0.3, -0.25) is 4.79 Å². The van der Waals surface area contributed by atoms with Gasteiger partial charge in [0.1, 0.15) is 12.1 Å². The van der Waals surface area contributed by atoms with Crippen molar-refractivity contribution in [3.05, 3.63) is 0 Å². The summed E-state index contributed by atoms with van der Waals surface area (Å²) in [4.78, 5) is 21.1. The van der Waals surface area contributed by atoms with Gasteiger partial charge in [0, 0.05) is 11.8 Å². The topological polar surface area (TPSA) is 34.1 Å². The van der Waals surface area contributed by atoms with E-state index in [-0.39, 0.29) is 12.2 Å². The first-order valence-electron chi connectivity index (χ1n) is 6.32. The van der Waals surface area contributed by atoms with Crippen LogP contribution in [0.2, 0.25) is 0 Å². The van der Waals surface area contributed by atoms with Crippen molar-refractivity contribution in [1.82, 2.24) is 0 Å². The molecule has 0 aromatic heterocycles. The molecule has 0 N–H and O–H groups in total. The number of carbonyl (C=O) groups excluding carboxylic acids is 2. The predicted molar refractivity (Wildman–Crippen MR) is 71.0 cm³/mol. The van der Waals surface area contributed by atoms with E-state index < -0.39 is 0 Å². The van der Waals surface area contributed by atoms with Crippen LogP contribution in [-0.4, -0.2) is 17.4 Å². The summed E-state index contributed by atoms with van der Waals surface area (Å²) in [6.45, 7) is 0. The molecule has 0 aromatic rings. The van der Waals surface area contributed by atoms with Gasteiger partial charge in [0.15, 0.2) is 0 Å². The first kappa shape index (κ1) is 15.8. The van der Waals surface area contributed by atoms with E-state index in [2.05, 4.69) is 15.9 Å². The maximum atomic E-state index is 11.0. The summed E-state index contributed by atoms with van der Waals surface area (Å²) in [7, 11) is 0. The van der Waals surface area contributed by atoms with Crippen LogP contribution in [0.25, 0.3) is 0 Å². The lowest BCUT2D eigenvalue weighted by Crippen LogP contribution is -1.97. The van der Waals surface area contributed by atoms with E-state index in [4.69, 9.17) is 0 Å². The van der Waals surface area contributed by atoms with E-state index in [0.29, 0.717) is 12.7 Å². The van der Waals surface area contributed by atoms with E-state index in [1.54, 1.807) is 0 Å². The van der Waals surface area contributed by atoms with Crippen LogP contribution in [0.15, 0.2) is 0 Å². The third-order valence-corrected chi connectivity index (χ3v) is 3.21. The van der Waals surface area contributed by atoms with Gasteiger partial charge in [-0.1, -0.05) is 54.5 Å². The molecule has 0 amide bonds. The zero-order chi connectivity index (χ0) is 12.1. The molecule has 3 heteroatoms. The minimum Gasteiger partial charge on any atom is -0.303 e. The van der Waals surface area contributed by atoms with Gasteiger partial charge in [0.05, 0.1) is 6.42 Å². The average Bonchev–Trinajstić information content (AvgIpc) is 2.27. The Morgan fingerprint density at radius 3 is 1.88 bits per heavy atom. The van der Waals surface area contributed by atoms with Crippen molar-refractivity contribution in [1.29, 1.82) is 0 Å². The largest absolute Gasteiger partial charge is 0.303 e. The number of ketones is 1. The molecule has 0 saturated carbocycles. The minimum atomic E-state index is 0.0901. The number of alkyl halides is 1. The van der Waals surface area contributed by atoms with Gasteiger partial charge in [-0.2, -0.15) is 0 Å². The molecule has 94 valence electrons. The quantitative estimate of drug-likeness (QED) is 0.235. The molecular formula is C13H23BrO2. The van der Waals surface area contributed by atoms with Crippen LogP contribution < -0.4 is 0 Å². The molecule has 0 aliphatic carbocycles. The van der Waals surface area contributed by atoms with Crippen LogP contribution in [0.3, 0.4) is 0 Å². The van der Waals surface area contributed by atoms with Crippen molar-refractivity contribution in [3.63, 3.8) is 0 Å². The van der Waals surface area contributed by atoms with Gasteiger partial charge >= 0.3 is 0 Å². The lowest BCUT2D eigenvalue weighted by atomic mass is 10.1. The molecule has 0 heterocycles. The summed E-state index contributed by atoms with van der Waals surface area (Å²) < 4.78 is 0. The van der Waals surface area contributed by atoms with Crippen molar-refractivity contribution in [2.75, 3.05) is 5.33 Å².